The van der Waals surface area contributed by atoms with Crippen LogP contribution in [0.1, 0.15) is 11.1 Å². The molecule has 11 heteroatoms. The van der Waals surface area contributed by atoms with E-state index in [9.17, 15) is 22.4 Å². The molecule has 2 N–H and O–H groups in total. The number of anilines is 2. The molecule has 0 unspecified atom stereocenters. The number of ether oxygens (including phenoxy) is 1. The zero-order chi connectivity index (χ0) is 23.3. The van der Waals surface area contributed by atoms with Crippen LogP contribution in [0.25, 0.3) is 0 Å². The van der Waals surface area contributed by atoms with Crippen molar-refractivity contribution >= 4 is 40.5 Å². The van der Waals surface area contributed by atoms with Gasteiger partial charge in [-0.25, -0.2) is 4.39 Å². The third-order valence-corrected chi connectivity index (χ3v) is 5.49. The molecule has 5 nitrogen and oxygen atoms in total. The number of rotatable bonds is 7. The molecule has 32 heavy (non-hydrogen) atoms. The molecule has 3 rings (SSSR count). The molecule has 0 spiro atoms. The average Bonchev–Trinajstić information content (AvgIpc) is 2.73. The number of halogens is 6. The smallest absolute Gasteiger partial charge is 0.379 e. The zero-order valence-corrected chi connectivity index (χ0v) is 18.4. The summed E-state index contributed by atoms with van der Waals surface area (Å²) in [7, 11) is 0. The van der Waals surface area contributed by atoms with Crippen molar-refractivity contribution in [3.8, 4) is 0 Å². The van der Waals surface area contributed by atoms with Crippen LogP contribution >= 0.6 is 23.2 Å². The van der Waals surface area contributed by atoms with Crippen LogP contribution in [-0.2, 0) is 22.1 Å². The predicted octanol–water partition coefficient (Wildman–Crippen LogP) is 4.89. The van der Waals surface area contributed by atoms with E-state index in [1.807, 2.05) is 0 Å². The van der Waals surface area contributed by atoms with Crippen LogP contribution in [0.3, 0.4) is 0 Å². The minimum Gasteiger partial charge on any atom is -0.379 e. The van der Waals surface area contributed by atoms with Crippen LogP contribution in [0.2, 0.25) is 10.0 Å². The molecule has 0 aliphatic carbocycles. The number of nitrogens with zero attached hydrogens (tertiary/aromatic N) is 1. The molecule has 1 aliphatic heterocycles. The van der Waals surface area contributed by atoms with Gasteiger partial charge < -0.3 is 15.4 Å². The third kappa shape index (κ3) is 6.71. The SMILES string of the molecule is O=C(Cc1cc(Nc2c(Cl)cc(C(F)(F)F)cc2Cl)ccc1F)NCCN1CCOCC1. The normalized spacial score (nSPS) is 14.9. The third-order valence-electron chi connectivity index (χ3n) is 4.89. The summed E-state index contributed by atoms with van der Waals surface area (Å²) in [6.45, 7) is 4.01. The van der Waals surface area contributed by atoms with E-state index in [2.05, 4.69) is 15.5 Å². The fraction of sp³-hybridized carbons (Fsp3) is 0.381. The Labute approximate surface area is 192 Å². The standard InChI is InChI=1S/C21H21Cl2F4N3O2/c22-16-11-14(21(25,26)27)12-17(23)20(16)29-15-1-2-18(24)13(9-15)10-19(31)28-3-4-30-5-7-32-8-6-30/h1-2,9,11-12,29H,3-8,10H2,(H,28,31). The van der Waals surface area contributed by atoms with Gasteiger partial charge >= 0.3 is 6.18 Å². The summed E-state index contributed by atoms with van der Waals surface area (Å²) in [5.74, 6) is -0.927. The number of amides is 1. The Morgan fingerprint density at radius 1 is 1.09 bits per heavy atom. The monoisotopic (exact) mass is 493 g/mol. The van der Waals surface area contributed by atoms with Gasteiger partial charge in [-0.05, 0) is 35.9 Å². The second-order valence-corrected chi connectivity index (χ2v) is 8.04. The number of carbonyl (C=O) groups is 1. The minimum atomic E-state index is -4.59. The molecule has 174 valence electrons. The number of alkyl halides is 3. The van der Waals surface area contributed by atoms with Crippen LogP contribution < -0.4 is 10.6 Å². The lowest BCUT2D eigenvalue weighted by molar-refractivity contribution is -0.137. The van der Waals surface area contributed by atoms with E-state index in [0.717, 1.165) is 31.3 Å². The summed E-state index contributed by atoms with van der Waals surface area (Å²) >= 11 is 11.9. The van der Waals surface area contributed by atoms with Gasteiger partial charge in [0, 0.05) is 31.9 Å². The van der Waals surface area contributed by atoms with E-state index in [1.54, 1.807) is 0 Å². The van der Waals surface area contributed by atoms with Crippen molar-refractivity contribution in [1.82, 2.24) is 10.2 Å². The Kier molecular flexibility index (Phi) is 8.21. The summed E-state index contributed by atoms with van der Waals surface area (Å²) in [5.41, 5.74) is -0.482. The Bertz CT molecular complexity index is 944. The lowest BCUT2D eigenvalue weighted by Crippen LogP contribution is -2.41. The molecule has 1 fully saturated rings. The maximum Gasteiger partial charge on any atom is 0.416 e. The fourth-order valence-corrected chi connectivity index (χ4v) is 3.78. The largest absolute Gasteiger partial charge is 0.416 e. The summed E-state index contributed by atoms with van der Waals surface area (Å²) in [6.07, 6.45) is -4.79. The maximum atomic E-state index is 14.2. The average molecular weight is 494 g/mol. The molecule has 1 saturated heterocycles. The molecule has 2 aromatic carbocycles. The molecule has 0 saturated carbocycles. The van der Waals surface area contributed by atoms with E-state index in [1.165, 1.54) is 12.1 Å². The van der Waals surface area contributed by atoms with Gasteiger partial charge in [-0.3, -0.25) is 9.69 Å². The van der Waals surface area contributed by atoms with Crippen LogP contribution in [0.5, 0.6) is 0 Å². The molecule has 1 heterocycles. The molecule has 1 aliphatic rings. The first-order valence-corrected chi connectivity index (χ1v) is 10.6. The number of nitrogens with one attached hydrogen (secondary N) is 2. The molecule has 0 aromatic heterocycles. The molecular weight excluding hydrogens is 473 g/mol. The van der Waals surface area contributed by atoms with Gasteiger partial charge in [-0.2, -0.15) is 13.2 Å². The fourth-order valence-electron chi connectivity index (χ4n) is 3.20. The van der Waals surface area contributed by atoms with Gasteiger partial charge in [0.25, 0.3) is 0 Å². The molecule has 0 bridgehead atoms. The number of hydrogen-bond donors (Lipinski definition) is 2. The Balaban J connectivity index is 1.63. The maximum absolute atomic E-state index is 14.2. The number of benzene rings is 2. The lowest BCUT2D eigenvalue weighted by Gasteiger charge is -2.26. The van der Waals surface area contributed by atoms with E-state index in [4.69, 9.17) is 27.9 Å². The highest BCUT2D eigenvalue weighted by molar-refractivity contribution is 6.39. The first kappa shape index (κ1) is 24.6. The number of hydrogen-bond acceptors (Lipinski definition) is 4. The zero-order valence-electron chi connectivity index (χ0n) is 16.9. The minimum absolute atomic E-state index is 0.0499. The second kappa shape index (κ2) is 10.7. The lowest BCUT2D eigenvalue weighted by atomic mass is 10.1. The number of morpholine rings is 1. The van der Waals surface area contributed by atoms with E-state index in [-0.39, 0.29) is 33.6 Å². The van der Waals surface area contributed by atoms with E-state index in [0.29, 0.717) is 32.0 Å². The van der Waals surface area contributed by atoms with E-state index >= 15 is 0 Å². The topological polar surface area (TPSA) is 53.6 Å². The molecule has 2 aromatic rings. The Morgan fingerprint density at radius 3 is 2.38 bits per heavy atom. The summed E-state index contributed by atoms with van der Waals surface area (Å²) < 4.78 is 58.2. The quantitative estimate of drug-likeness (QED) is 0.539. The van der Waals surface area contributed by atoms with Crippen LogP contribution in [0.4, 0.5) is 28.9 Å². The van der Waals surface area contributed by atoms with Crippen molar-refractivity contribution < 1.29 is 27.1 Å². The first-order chi connectivity index (χ1) is 15.1. The van der Waals surface area contributed by atoms with Crippen molar-refractivity contribution in [2.75, 3.05) is 44.7 Å². The summed E-state index contributed by atoms with van der Waals surface area (Å²) in [6, 6.07) is 5.43. The van der Waals surface area contributed by atoms with Gasteiger partial charge in [0.05, 0.1) is 40.9 Å². The molecule has 1 amide bonds. The Morgan fingerprint density at radius 2 is 1.75 bits per heavy atom. The highest BCUT2D eigenvalue weighted by Gasteiger charge is 2.32. The number of carbonyl (C=O) groups excluding carboxylic acids is 1. The summed E-state index contributed by atoms with van der Waals surface area (Å²) in [4.78, 5) is 14.4. The van der Waals surface area contributed by atoms with Gasteiger partial charge in [-0.1, -0.05) is 23.2 Å². The molecule has 0 atom stereocenters. The van der Waals surface area contributed by atoms with Crippen molar-refractivity contribution in [3.05, 3.63) is 57.3 Å². The Hall–Kier alpha value is -2.07. The highest BCUT2D eigenvalue weighted by atomic mass is 35.5. The molecule has 0 radical (unpaired) electrons. The predicted molar refractivity (Wildman–Crippen MR) is 115 cm³/mol. The van der Waals surface area contributed by atoms with Crippen LogP contribution in [-0.4, -0.2) is 50.2 Å². The molecular formula is C21H21Cl2F4N3O2. The van der Waals surface area contributed by atoms with Gasteiger partial charge in [0.2, 0.25) is 5.91 Å². The van der Waals surface area contributed by atoms with Gasteiger partial charge in [-0.15, -0.1) is 0 Å². The summed E-state index contributed by atoms with van der Waals surface area (Å²) in [5, 5.41) is 5.08. The highest BCUT2D eigenvalue weighted by Crippen LogP contribution is 2.39. The van der Waals surface area contributed by atoms with Crippen molar-refractivity contribution in [1.29, 1.82) is 0 Å². The second-order valence-electron chi connectivity index (χ2n) is 7.22. The van der Waals surface area contributed by atoms with Crippen molar-refractivity contribution in [2.24, 2.45) is 0 Å². The van der Waals surface area contributed by atoms with Crippen molar-refractivity contribution in [3.63, 3.8) is 0 Å². The first-order valence-electron chi connectivity index (χ1n) is 9.82. The van der Waals surface area contributed by atoms with Crippen LogP contribution in [0, 0.1) is 5.82 Å². The van der Waals surface area contributed by atoms with Gasteiger partial charge in [0.1, 0.15) is 5.82 Å². The van der Waals surface area contributed by atoms with Crippen LogP contribution in [0.15, 0.2) is 30.3 Å². The van der Waals surface area contributed by atoms with Crippen molar-refractivity contribution in [2.45, 2.75) is 12.6 Å². The van der Waals surface area contributed by atoms with Gasteiger partial charge in [0.15, 0.2) is 0 Å². The van der Waals surface area contributed by atoms with E-state index < -0.39 is 17.6 Å².